The number of fused-ring (bicyclic) bond motifs is 3. The van der Waals surface area contributed by atoms with Crippen molar-refractivity contribution in [2.75, 3.05) is 39.5 Å². The van der Waals surface area contributed by atoms with Crippen LogP contribution in [0.4, 0.5) is 0 Å². The molecule has 4 aliphatic rings. The van der Waals surface area contributed by atoms with Crippen LogP contribution in [0.2, 0.25) is 0 Å². The minimum atomic E-state index is -0.579. The largest absolute Gasteiger partial charge is 0.375 e. The highest BCUT2D eigenvalue weighted by atomic mass is 16.6. The zero-order valence-electron chi connectivity index (χ0n) is 16.3. The normalized spacial score (nSPS) is 31.6. The Bertz CT molecular complexity index is 718. The third-order valence-corrected chi connectivity index (χ3v) is 6.55. The molecule has 2 aromatic rings. The molecule has 6 rings (SSSR count). The van der Waals surface area contributed by atoms with Crippen molar-refractivity contribution in [3.63, 3.8) is 0 Å². The lowest BCUT2D eigenvalue weighted by atomic mass is 9.85. The minimum Gasteiger partial charge on any atom is -0.375 e. The van der Waals surface area contributed by atoms with Crippen molar-refractivity contribution in [2.45, 2.75) is 30.7 Å². The summed E-state index contributed by atoms with van der Waals surface area (Å²) in [5.74, 6) is 0.711. The molecule has 148 valence electrons. The molecular formula is C24H29NO3. The lowest BCUT2D eigenvalue weighted by molar-refractivity contribution is -0.209. The van der Waals surface area contributed by atoms with Crippen molar-refractivity contribution in [2.24, 2.45) is 5.92 Å². The first-order chi connectivity index (χ1) is 13.8. The Labute approximate surface area is 167 Å². The second-order valence-electron chi connectivity index (χ2n) is 8.32. The predicted molar refractivity (Wildman–Crippen MR) is 108 cm³/mol. The molecule has 0 spiro atoms. The molecular weight excluding hydrogens is 350 g/mol. The summed E-state index contributed by atoms with van der Waals surface area (Å²) in [6.45, 7) is 5.24. The molecule has 0 radical (unpaired) electrons. The second kappa shape index (κ2) is 7.96. The highest BCUT2D eigenvalue weighted by Crippen LogP contribution is 2.38. The van der Waals surface area contributed by atoms with Crippen molar-refractivity contribution < 1.29 is 14.2 Å². The van der Waals surface area contributed by atoms with Gasteiger partial charge in [-0.1, -0.05) is 60.7 Å². The number of nitrogens with zero attached hydrogens (tertiary/aromatic N) is 1. The first-order valence-electron chi connectivity index (χ1n) is 10.5. The molecule has 4 nitrogen and oxygen atoms in total. The highest BCUT2D eigenvalue weighted by molar-refractivity contribution is 5.37. The van der Waals surface area contributed by atoms with Crippen LogP contribution in [0.5, 0.6) is 0 Å². The molecule has 2 bridgehead atoms. The van der Waals surface area contributed by atoms with Crippen LogP contribution in [-0.2, 0) is 19.8 Å². The smallest absolute Gasteiger partial charge is 0.142 e. The van der Waals surface area contributed by atoms with Crippen LogP contribution in [0.3, 0.4) is 0 Å². The molecule has 0 unspecified atom stereocenters. The van der Waals surface area contributed by atoms with Gasteiger partial charge in [-0.15, -0.1) is 0 Å². The monoisotopic (exact) mass is 379 g/mol. The highest BCUT2D eigenvalue weighted by Gasteiger charge is 2.42. The summed E-state index contributed by atoms with van der Waals surface area (Å²) in [7, 11) is 0. The predicted octanol–water partition coefficient (Wildman–Crippen LogP) is 3.46. The fourth-order valence-corrected chi connectivity index (χ4v) is 4.98. The van der Waals surface area contributed by atoms with Crippen LogP contribution in [0, 0.1) is 5.92 Å². The van der Waals surface area contributed by atoms with E-state index in [-0.39, 0.29) is 6.10 Å². The van der Waals surface area contributed by atoms with Crippen molar-refractivity contribution in [1.29, 1.82) is 0 Å². The lowest BCUT2D eigenvalue weighted by Gasteiger charge is -2.46. The Morgan fingerprint density at radius 1 is 0.929 bits per heavy atom. The zero-order chi connectivity index (χ0) is 18.8. The number of rotatable bonds is 5. The molecule has 28 heavy (non-hydrogen) atoms. The van der Waals surface area contributed by atoms with Crippen molar-refractivity contribution in [1.82, 2.24) is 4.90 Å². The third-order valence-electron chi connectivity index (χ3n) is 6.55. The lowest BCUT2D eigenvalue weighted by Crippen LogP contribution is -2.53. The minimum absolute atomic E-state index is 0.0652. The van der Waals surface area contributed by atoms with Gasteiger partial charge in [0.25, 0.3) is 0 Å². The van der Waals surface area contributed by atoms with E-state index in [0.29, 0.717) is 31.8 Å². The molecule has 2 atom stereocenters. The fourth-order valence-electron chi connectivity index (χ4n) is 4.98. The van der Waals surface area contributed by atoms with Crippen molar-refractivity contribution in [3.05, 3.63) is 71.8 Å². The van der Waals surface area contributed by atoms with E-state index in [1.165, 1.54) is 25.9 Å². The van der Waals surface area contributed by atoms with Gasteiger partial charge in [0.05, 0.1) is 25.9 Å². The molecule has 0 aromatic heterocycles. The van der Waals surface area contributed by atoms with E-state index in [0.717, 1.165) is 17.7 Å². The number of benzene rings is 2. The van der Waals surface area contributed by atoms with E-state index in [2.05, 4.69) is 53.4 Å². The van der Waals surface area contributed by atoms with Crippen LogP contribution in [-0.4, -0.2) is 56.6 Å². The maximum absolute atomic E-state index is 6.75. The molecule has 4 saturated heterocycles. The van der Waals surface area contributed by atoms with Gasteiger partial charge in [-0.25, -0.2) is 0 Å². The van der Waals surface area contributed by atoms with Gasteiger partial charge in [0, 0.05) is 6.54 Å². The molecule has 4 fully saturated rings. The number of piperidine rings is 3. The van der Waals surface area contributed by atoms with Crippen LogP contribution < -0.4 is 0 Å². The Hall–Kier alpha value is -1.72. The van der Waals surface area contributed by atoms with E-state index >= 15 is 0 Å². The summed E-state index contributed by atoms with van der Waals surface area (Å²) in [5.41, 5.74) is 1.69. The van der Waals surface area contributed by atoms with E-state index in [1.807, 2.05) is 12.1 Å². The summed E-state index contributed by atoms with van der Waals surface area (Å²) in [6.07, 6.45) is 2.82. The standard InChI is InChI=1S/C24H29NO3/c1-3-7-20(8-4-1)24(21-9-5-2-6-10-21)18-26-16-22(28-24)17-27-23-15-25-13-11-19(23)12-14-25/h1-10,19,22-23H,11-18H2/t22-,23-/m1/s1. The number of ether oxygens (including phenoxy) is 3. The maximum atomic E-state index is 6.75. The molecule has 0 saturated carbocycles. The summed E-state index contributed by atoms with van der Waals surface area (Å²) in [4.78, 5) is 2.53. The topological polar surface area (TPSA) is 30.9 Å². The van der Waals surface area contributed by atoms with Crippen molar-refractivity contribution >= 4 is 0 Å². The van der Waals surface area contributed by atoms with Crippen molar-refractivity contribution in [3.8, 4) is 0 Å². The van der Waals surface area contributed by atoms with Gasteiger partial charge in [-0.2, -0.15) is 0 Å². The molecule has 4 aliphatic heterocycles. The first-order valence-corrected chi connectivity index (χ1v) is 10.5. The van der Waals surface area contributed by atoms with Crippen LogP contribution in [0.25, 0.3) is 0 Å². The summed E-state index contributed by atoms with van der Waals surface area (Å²) >= 11 is 0. The van der Waals surface area contributed by atoms with Crippen LogP contribution in [0.15, 0.2) is 60.7 Å². The van der Waals surface area contributed by atoms with Gasteiger partial charge in [0.1, 0.15) is 11.7 Å². The first kappa shape index (κ1) is 18.3. The summed E-state index contributed by atoms with van der Waals surface area (Å²) in [5, 5.41) is 0. The molecule has 4 heterocycles. The van der Waals surface area contributed by atoms with Gasteiger partial charge in [-0.05, 0) is 43.0 Å². The Kier molecular flexibility index (Phi) is 5.20. The Morgan fingerprint density at radius 3 is 2.14 bits per heavy atom. The molecule has 4 heteroatoms. The average molecular weight is 380 g/mol. The number of hydrogen-bond acceptors (Lipinski definition) is 4. The van der Waals surface area contributed by atoms with Gasteiger partial charge >= 0.3 is 0 Å². The van der Waals surface area contributed by atoms with E-state index in [1.54, 1.807) is 0 Å². The van der Waals surface area contributed by atoms with E-state index in [4.69, 9.17) is 14.2 Å². The third kappa shape index (κ3) is 3.50. The molecule has 0 amide bonds. The Balaban J connectivity index is 1.34. The van der Waals surface area contributed by atoms with Gasteiger partial charge < -0.3 is 19.1 Å². The van der Waals surface area contributed by atoms with Gasteiger partial charge in [-0.3, -0.25) is 0 Å². The maximum Gasteiger partial charge on any atom is 0.142 e. The molecule has 0 N–H and O–H groups in total. The fraction of sp³-hybridized carbons (Fsp3) is 0.500. The zero-order valence-corrected chi connectivity index (χ0v) is 16.3. The van der Waals surface area contributed by atoms with Gasteiger partial charge in [0.2, 0.25) is 0 Å². The van der Waals surface area contributed by atoms with E-state index in [9.17, 15) is 0 Å². The van der Waals surface area contributed by atoms with Gasteiger partial charge in [0.15, 0.2) is 0 Å². The van der Waals surface area contributed by atoms with E-state index < -0.39 is 5.60 Å². The Morgan fingerprint density at radius 2 is 1.57 bits per heavy atom. The summed E-state index contributed by atoms with van der Waals surface area (Å²) in [6, 6.07) is 20.9. The SMILES string of the molecule is c1ccc(C2(c3ccccc3)COC[C@H](CO[C@@H]3CN4CCC3CC4)O2)cc1. The second-order valence-corrected chi connectivity index (χ2v) is 8.32. The quantitative estimate of drug-likeness (QED) is 0.796. The molecule has 0 aliphatic carbocycles. The number of hydrogen-bond donors (Lipinski definition) is 0. The van der Waals surface area contributed by atoms with Crippen LogP contribution >= 0.6 is 0 Å². The van der Waals surface area contributed by atoms with Crippen LogP contribution in [0.1, 0.15) is 24.0 Å². The average Bonchev–Trinajstić information content (AvgIpc) is 2.80. The summed E-state index contributed by atoms with van der Waals surface area (Å²) < 4.78 is 19.2. The molecule has 2 aromatic carbocycles.